The summed E-state index contributed by atoms with van der Waals surface area (Å²) < 4.78 is 5.35. The molecule has 0 bridgehead atoms. The van der Waals surface area contributed by atoms with E-state index >= 15 is 0 Å². The largest absolute Gasteiger partial charge is 0.444 e. The molecule has 23 heavy (non-hydrogen) atoms. The first-order chi connectivity index (χ1) is 10.4. The molecule has 1 aliphatic rings. The van der Waals surface area contributed by atoms with Crippen molar-refractivity contribution in [1.29, 1.82) is 0 Å². The minimum absolute atomic E-state index is 0.0304. The van der Waals surface area contributed by atoms with Crippen molar-refractivity contribution in [1.82, 2.24) is 15.1 Å². The molecule has 0 aromatic carbocycles. The Kier molecular flexibility index (Phi) is 6.08. The molecule has 132 valence electrons. The highest BCUT2D eigenvalue weighted by Gasteiger charge is 2.27. The molecular formula is C17H31N3O3. The second-order valence-electron chi connectivity index (χ2n) is 7.98. The molecule has 0 aromatic heterocycles. The molecule has 0 aliphatic carbocycles. The molecule has 1 rings (SSSR count). The highest BCUT2D eigenvalue weighted by Crippen LogP contribution is 2.23. The summed E-state index contributed by atoms with van der Waals surface area (Å²) in [7, 11) is 0. The van der Waals surface area contributed by atoms with E-state index in [1.807, 2.05) is 27.7 Å². The van der Waals surface area contributed by atoms with Crippen LogP contribution in [-0.2, 0) is 4.74 Å². The van der Waals surface area contributed by atoms with E-state index in [-0.39, 0.29) is 17.5 Å². The van der Waals surface area contributed by atoms with Gasteiger partial charge in [-0.2, -0.15) is 0 Å². The van der Waals surface area contributed by atoms with Crippen LogP contribution < -0.4 is 5.32 Å². The van der Waals surface area contributed by atoms with Gasteiger partial charge in [0.2, 0.25) is 0 Å². The third kappa shape index (κ3) is 6.50. The van der Waals surface area contributed by atoms with Crippen LogP contribution >= 0.6 is 0 Å². The van der Waals surface area contributed by atoms with Crippen molar-refractivity contribution in [3.63, 3.8) is 0 Å². The number of urea groups is 1. The maximum Gasteiger partial charge on any atom is 0.410 e. The quantitative estimate of drug-likeness (QED) is 0.805. The van der Waals surface area contributed by atoms with Gasteiger partial charge in [-0.25, -0.2) is 9.59 Å². The van der Waals surface area contributed by atoms with Gasteiger partial charge in [0.25, 0.3) is 0 Å². The average Bonchev–Trinajstić information content (AvgIpc) is 2.41. The molecular weight excluding hydrogens is 294 g/mol. The lowest BCUT2D eigenvalue weighted by Crippen LogP contribution is -2.53. The number of allylic oxidation sites excluding steroid dienone is 1. The number of hydrogen-bond acceptors (Lipinski definition) is 3. The number of rotatable bonds is 1. The molecule has 0 unspecified atom stereocenters. The van der Waals surface area contributed by atoms with Crippen LogP contribution in [-0.4, -0.2) is 53.7 Å². The molecule has 1 N–H and O–H groups in total. The fraction of sp³-hybridized carbons (Fsp3) is 0.765. The van der Waals surface area contributed by atoms with Crippen molar-refractivity contribution in [3.8, 4) is 0 Å². The van der Waals surface area contributed by atoms with Gasteiger partial charge in [-0.3, -0.25) is 0 Å². The second-order valence-corrected chi connectivity index (χ2v) is 7.98. The van der Waals surface area contributed by atoms with Crippen LogP contribution in [0.15, 0.2) is 11.8 Å². The van der Waals surface area contributed by atoms with Crippen LogP contribution in [0.4, 0.5) is 9.59 Å². The molecule has 1 fully saturated rings. The van der Waals surface area contributed by atoms with Gasteiger partial charge in [-0.15, -0.1) is 0 Å². The second kappa shape index (κ2) is 7.23. The normalized spacial score (nSPS) is 17.1. The zero-order valence-corrected chi connectivity index (χ0v) is 15.5. The van der Waals surface area contributed by atoms with Gasteiger partial charge in [0, 0.05) is 32.4 Å². The van der Waals surface area contributed by atoms with Crippen molar-refractivity contribution >= 4 is 12.1 Å². The number of piperazine rings is 1. The molecule has 6 nitrogen and oxygen atoms in total. The van der Waals surface area contributed by atoms with E-state index in [0.29, 0.717) is 26.2 Å². The van der Waals surface area contributed by atoms with Gasteiger partial charge < -0.3 is 19.9 Å². The molecule has 0 aromatic rings. The van der Waals surface area contributed by atoms with Crippen LogP contribution in [0.2, 0.25) is 0 Å². The highest BCUT2D eigenvalue weighted by molar-refractivity contribution is 5.76. The molecule has 0 spiro atoms. The van der Waals surface area contributed by atoms with Crippen LogP contribution in [0.5, 0.6) is 0 Å². The summed E-state index contributed by atoms with van der Waals surface area (Å²) >= 11 is 0. The fourth-order valence-electron chi connectivity index (χ4n) is 1.90. The SMILES string of the molecule is C/C(=C\NC(=O)N1CCN(C(=O)OC(C)(C)C)CC1)C(C)(C)C. The van der Waals surface area contributed by atoms with Crippen molar-refractivity contribution in [2.75, 3.05) is 26.2 Å². The number of amides is 3. The summed E-state index contributed by atoms with van der Waals surface area (Å²) in [5, 5.41) is 2.83. The number of hydrogen-bond donors (Lipinski definition) is 1. The molecule has 0 saturated carbocycles. The Balaban J connectivity index is 2.47. The maximum absolute atomic E-state index is 12.2. The Labute approximate surface area is 139 Å². The Morgan fingerprint density at radius 1 is 0.957 bits per heavy atom. The third-order valence-corrected chi connectivity index (χ3v) is 3.81. The summed E-state index contributed by atoms with van der Waals surface area (Å²) in [6.07, 6.45) is 1.45. The van der Waals surface area contributed by atoms with Crippen molar-refractivity contribution < 1.29 is 14.3 Å². The zero-order chi connectivity index (χ0) is 17.8. The van der Waals surface area contributed by atoms with Crippen molar-refractivity contribution in [2.45, 2.75) is 54.1 Å². The van der Waals surface area contributed by atoms with Gasteiger partial charge in [-0.05, 0) is 33.1 Å². The van der Waals surface area contributed by atoms with E-state index in [9.17, 15) is 9.59 Å². The molecule has 3 amide bonds. The molecule has 6 heteroatoms. The summed E-state index contributed by atoms with van der Waals surface area (Å²) in [6, 6.07) is -0.127. The van der Waals surface area contributed by atoms with Crippen molar-refractivity contribution in [2.24, 2.45) is 5.41 Å². The lowest BCUT2D eigenvalue weighted by Gasteiger charge is -2.35. The Bertz CT molecular complexity index is 464. The number of nitrogens with zero attached hydrogens (tertiary/aromatic N) is 2. The summed E-state index contributed by atoms with van der Waals surface area (Å²) in [5.74, 6) is 0. The Morgan fingerprint density at radius 2 is 1.43 bits per heavy atom. The van der Waals surface area contributed by atoms with E-state index in [1.165, 1.54) is 0 Å². The topological polar surface area (TPSA) is 61.9 Å². The van der Waals surface area contributed by atoms with E-state index in [0.717, 1.165) is 5.57 Å². The summed E-state index contributed by atoms with van der Waals surface area (Å²) in [6.45, 7) is 15.8. The molecule has 0 atom stereocenters. The predicted octanol–water partition coefficient (Wildman–Crippen LogP) is 3.20. The molecule has 1 aliphatic heterocycles. The van der Waals surface area contributed by atoms with Gasteiger partial charge >= 0.3 is 12.1 Å². The minimum Gasteiger partial charge on any atom is -0.444 e. The highest BCUT2D eigenvalue weighted by atomic mass is 16.6. The first-order valence-electron chi connectivity index (χ1n) is 8.11. The number of nitrogens with one attached hydrogen (secondary N) is 1. The minimum atomic E-state index is -0.499. The third-order valence-electron chi connectivity index (χ3n) is 3.81. The van der Waals surface area contributed by atoms with Crippen molar-refractivity contribution in [3.05, 3.63) is 11.8 Å². The molecule has 1 saturated heterocycles. The van der Waals surface area contributed by atoms with Gasteiger partial charge in [0.05, 0.1) is 0 Å². The Hall–Kier alpha value is -1.72. The van der Waals surface area contributed by atoms with Gasteiger partial charge in [0.15, 0.2) is 0 Å². The first kappa shape index (κ1) is 19.3. The smallest absolute Gasteiger partial charge is 0.410 e. The van der Waals surface area contributed by atoms with Crippen LogP contribution in [0.25, 0.3) is 0 Å². The van der Waals surface area contributed by atoms with E-state index < -0.39 is 5.60 Å². The lowest BCUT2D eigenvalue weighted by molar-refractivity contribution is 0.0171. The fourth-order valence-corrected chi connectivity index (χ4v) is 1.90. The molecule has 1 heterocycles. The van der Waals surface area contributed by atoms with Gasteiger partial charge in [0.1, 0.15) is 5.60 Å². The lowest BCUT2D eigenvalue weighted by atomic mass is 9.88. The summed E-state index contributed by atoms with van der Waals surface area (Å²) in [5.41, 5.74) is 0.641. The maximum atomic E-state index is 12.2. The van der Waals surface area contributed by atoms with E-state index in [1.54, 1.807) is 16.0 Å². The summed E-state index contributed by atoms with van der Waals surface area (Å²) in [4.78, 5) is 27.5. The monoisotopic (exact) mass is 325 g/mol. The van der Waals surface area contributed by atoms with Crippen LogP contribution in [0, 0.1) is 5.41 Å². The zero-order valence-electron chi connectivity index (χ0n) is 15.5. The average molecular weight is 325 g/mol. The Morgan fingerprint density at radius 3 is 1.87 bits per heavy atom. The number of ether oxygens (including phenoxy) is 1. The first-order valence-corrected chi connectivity index (χ1v) is 8.11. The predicted molar refractivity (Wildman–Crippen MR) is 91.1 cm³/mol. The standard InChI is InChI=1S/C17H31N3O3/c1-13(16(2,3)4)12-18-14(21)19-8-10-20(11-9-19)15(22)23-17(5,6)7/h12H,8-11H2,1-7H3,(H,18,21)/b13-12+. The van der Waals surface area contributed by atoms with Crippen LogP contribution in [0.3, 0.4) is 0 Å². The number of carbonyl (C=O) groups excluding carboxylic acids is 2. The van der Waals surface area contributed by atoms with Gasteiger partial charge in [-0.1, -0.05) is 26.3 Å². The van der Waals surface area contributed by atoms with E-state index in [4.69, 9.17) is 4.74 Å². The number of carbonyl (C=O) groups is 2. The molecule has 0 radical (unpaired) electrons. The van der Waals surface area contributed by atoms with Crippen LogP contribution in [0.1, 0.15) is 48.5 Å². The van der Waals surface area contributed by atoms with E-state index in [2.05, 4.69) is 26.1 Å².